The zero-order valence-electron chi connectivity index (χ0n) is 13.8. The lowest BCUT2D eigenvalue weighted by atomic mass is 10.1. The van der Waals surface area contributed by atoms with Crippen LogP contribution in [0.2, 0.25) is 0 Å². The number of benzene rings is 2. The average molecular weight is 323 g/mol. The minimum Gasteiger partial charge on any atom is -0.393 e. The summed E-state index contributed by atoms with van der Waals surface area (Å²) >= 11 is 5.06. The molecular weight excluding hydrogens is 302 g/mol. The van der Waals surface area contributed by atoms with Crippen molar-refractivity contribution in [2.75, 3.05) is 0 Å². The molecule has 0 unspecified atom stereocenters. The predicted molar refractivity (Wildman–Crippen MR) is 101 cm³/mol. The Morgan fingerprint density at radius 2 is 1.74 bits per heavy atom. The van der Waals surface area contributed by atoms with Gasteiger partial charge in [-0.25, -0.2) is 4.98 Å². The number of nitrogens with zero attached hydrogens (tertiary/aromatic N) is 2. The van der Waals surface area contributed by atoms with Crippen molar-refractivity contribution in [2.45, 2.75) is 33.7 Å². The molecule has 0 radical (unpaired) electrons. The highest BCUT2D eigenvalue weighted by Gasteiger charge is 2.14. The Bertz CT molecular complexity index is 876. The van der Waals surface area contributed by atoms with Gasteiger partial charge in [-0.3, -0.25) is 0 Å². The lowest BCUT2D eigenvalue weighted by molar-refractivity contribution is 0.756. The van der Waals surface area contributed by atoms with Crippen LogP contribution in [0.15, 0.2) is 36.4 Å². The summed E-state index contributed by atoms with van der Waals surface area (Å²) in [6, 6.07) is 12.8. The van der Waals surface area contributed by atoms with Crippen molar-refractivity contribution in [2.24, 2.45) is 5.73 Å². The average Bonchev–Trinajstić information content (AvgIpc) is 2.84. The summed E-state index contributed by atoms with van der Waals surface area (Å²) in [7, 11) is 0. The second-order valence-electron chi connectivity index (χ2n) is 6.09. The maximum Gasteiger partial charge on any atom is 0.141 e. The van der Waals surface area contributed by atoms with Crippen LogP contribution in [0, 0.1) is 20.8 Å². The second-order valence-corrected chi connectivity index (χ2v) is 6.62. The van der Waals surface area contributed by atoms with E-state index in [1.165, 1.54) is 16.7 Å². The van der Waals surface area contributed by atoms with Gasteiger partial charge < -0.3 is 10.3 Å². The molecule has 23 heavy (non-hydrogen) atoms. The number of rotatable bonds is 4. The highest BCUT2D eigenvalue weighted by Crippen LogP contribution is 2.27. The van der Waals surface area contributed by atoms with Gasteiger partial charge in [0.2, 0.25) is 0 Å². The van der Waals surface area contributed by atoms with Crippen LogP contribution in [0.4, 0.5) is 0 Å². The SMILES string of the molecule is Cc1ccc(-c2nc3cc(C)c(C)cc3n2CCC(N)=S)cc1. The van der Waals surface area contributed by atoms with E-state index in [0.717, 1.165) is 29.0 Å². The zero-order valence-corrected chi connectivity index (χ0v) is 14.6. The van der Waals surface area contributed by atoms with Gasteiger partial charge in [0.25, 0.3) is 0 Å². The zero-order chi connectivity index (χ0) is 16.6. The van der Waals surface area contributed by atoms with Crippen LogP contribution in [0.1, 0.15) is 23.1 Å². The van der Waals surface area contributed by atoms with Crippen LogP contribution in [0.25, 0.3) is 22.4 Å². The molecule has 3 nitrogen and oxygen atoms in total. The number of hydrogen-bond donors (Lipinski definition) is 1. The van der Waals surface area contributed by atoms with E-state index in [1.807, 2.05) is 0 Å². The molecule has 4 heteroatoms. The summed E-state index contributed by atoms with van der Waals surface area (Å²) in [5, 5.41) is 0. The molecule has 1 aromatic heterocycles. The van der Waals surface area contributed by atoms with Crippen molar-refractivity contribution in [3.63, 3.8) is 0 Å². The van der Waals surface area contributed by atoms with Gasteiger partial charge in [0.05, 0.1) is 16.0 Å². The summed E-state index contributed by atoms with van der Waals surface area (Å²) in [6.45, 7) is 7.09. The van der Waals surface area contributed by atoms with Crippen molar-refractivity contribution >= 4 is 28.2 Å². The van der Waals surface area contributed by atoms with E-state index in [-0.39, 0.29) is 0 Å². The monoisotopic (exact) mass is 323 g/mol. The molecule has 3 aromatic rings. The number of nitrogens with two attached hydrogens (primary N) is 1. The first-order chi connectivity index (χ1) is 11.0. The lowest BCUT2D eigenvalue weighted by Gasteiger charge is -2.10. The molecule has 0 atom stereocenters. The third kappa shape index (κ3) is 3.13. The number of thiocarbonyl (C=S) groups is 1. The standard InChI is InChI=1S/C19H21N3S/c1-12-4-6-15(7-5-12)19-21-16-10-13(2)14(3)11-17(16)22(19)9-8-18(20)23/h4-7,10-11H,8-9H2,1-3H3,(H2,20,23). The van der Waals surface area contributed by atoms with Crippen molar-refractivity contribution < 1.29 is 0 Å². The number of fused-ring (bicyclic) bond motifs is 1. The molecule has 0 saturated heterocycles. The Kier molecular flexibility index (Phi) is 4.18. The third-order valence-corrected chi connectivity index (χ3v) is 4.46. The van der Waals surface area contributed by atoms with Crippen LogP contribution in [-0.2, 0) is 6.54 Å². The molecule has 0 spiro atoms. The van der Waals surface area contributed by atoms with E-state index >= 15 is 0 Å². The molecule has 0 aliphatic rings. The van der Waals surface area contributed by atoms with Gasteiger partial charge in [-0.1, -0.05) is 42.0 Å². The van der Waals surface area contributed by atoms with Crippen molar-refractivity contribution in [3.8, 4) is 11.4 Å². The molecule has 3 rings (SSSR count). The molecule has 1 heterocycles. The Balaban J connectivity index is 2.20. The van der Waals surface area contributed by atoms with Crippen molar-refractivity contribution in [1.29, 1.82) is 0 Å². The van der Waals surface area contributed by atoms with E-state index in [9.17, 15) is 0 Å². The predicted octanol–water partition coefficient (Wildman–Crippen LogP) is 4.30. The first kappa shape index (κ1) is 15.7. The smallest absolute Gasteiger partial charge is 0.141 e. The van der Waals surface area contributed by atoms with Crippen LogP contribution < -0.4 is 5.73 Å². The molecular formula is C19H21N3S. The van der Waals surface area contributed by atoms with E-state index < -0.39 is 0 Å². The third-order valence-electron chi connectivity index (χ3n) is 4.26. The highest BCUT2D eigenvalue weighted by atomic mass is 32.1. The maximum absolute atomic E-state index is 5.71. The van der Waals surface area contributed by atoms with E-state index in [4.69, 9.17) is 22.9 Å². The molecule has 0 aliphatic heterocycles. The summed E-state index contributed by atoms with van der Waals surface area (Å²) in [6.07, 6.45) is 0.673. The van der Waals surface area contributed by atoms with Crippen molar-refractivity contribution in [3.05, 3.63) is 53.1 Å². The van der Waals surface area contributed by atoms with Crippen LogP contribution in [0.5, 0.6) is 0 Å². The molecule has 118 valence electrons. The first-order valence-corrected chi connectivity index (χ1v) is 8.19. The van der Waals surface area contributed by atoms with Crippen LogP contribution >= 0.6 is 12.2 Å². The molecule has 2 aromatic carbocycles. The van der Waals surface area contributed by atoms with Gasteiger partial charge in [0.15, 0.2) is 0 Å². The van der Waals surface area contributed by atoms with Gasteiger partial charge >= 0.3 is 0 Å². The van der Waals surface area contributed by atoms with Crippen LogP contribution in [-0.4, -0.2) is 14.5 Å². The lowest BCUT2D eigenvalue weighted by Crippen LogP contribution is -2.12. The second kappa shape index (κ2) is 6.13. The van der Waals surface area contributed by atoms with E-state index in [2.05, 4.69) is 61.7 Å². The van der Waals surface area contributed by atoms with Crippen LogP contribution in [0.3, 0.4) is 0 Å². The minimum absolute atomic E-state index is 0.533. The fourth-order valence-electron chi connectivity index (χ4n) is 2.75. The molecule has 0 fully saturated rings. The van der Waals surface area contributed by atoms with Gasteiger partial charge in [0, 0.05) is 18.5 Å². The summed E-state index contributed by atoms with van der Waals surface area (Å²) in [5.41, 5.74) is 12.8. The van der Waals surface area contributed by atoms with Gasteiger partial charge in [-0.15, -0.1) is 0 Å². The van der Waals surface area contributed by atoms with Gasteiger partial charge in [-0.05, 0) is 44.0 Å². The van der Waals surface area contributed by atoms with E-state index in [0.29, 0.717) is 11.4 Å². The molecule has 0 saturated carbocycles. The number of imidazole rings is 1. The number of aromatic nitrogens is 2. The number of hydrogen-bond acceptors (Lipinski definition) is 2. The Labute approximate surface area is 142 Å². The fraction of sp³-hybridized carbons (Fsp3) is 0.263. The Morgan fingerprint density at radius 1 is 1.09 bits per heavy atom. The quantitative estimate of drug-likeness (QED) is 0.728. The molecule has 0 aliphatic carbocycles. The fourth-order valence-corrected chi connectivity index (χ4v) is 2.84. The summed E-state index contributed by atoms with van der Waals surface area (Å²) in [5.74, 6) is 0.973. The molecule has 0 bridgehead atoms. The maximum atomic E-state index is 5.71. The Hall–Kier alpha value is -2.20. The minimum atomic E-state index is 0.533. The largest absolute Gasteiger partial charge is 0.393 e. The summed E-state index contributed by atoms with van der Waals surface area (Å²) < 4.78 is 2.23. The van der Waals surface area contributed by atoms with Gasteiger partial charge in [-0.2, -0.15) is 0 Å². The van der Waals surface area contributed by atoms with Crippen molar-refractivity contribution in [1.82, 2.24) is 9.55 Å². The first-order valence-electron chi connectivity index (χ1n) is 7.78. The van der Waals surface area contributed by atoms with Gasteiger partial charge in [0.1, 0.15) is 5.82 Å². The number of aryl methyl sites for hydroxylation is 4. The normalized spacial score (nSPS) is 11.1. The molecule has 0 amide bonds. The highest BCUT2D eigenvalue weighted by molar-refractivity contribution is 7.80. The Morgan fingerprint density at radius 3 is 2.39 bits per heavy atom. The van der Waals surface area contributed by atoms with E-state index in [1.54, 1.807) is 0 Å². The molecule has 2 N–H and O–H groups in total. The summed E-state index contributed by atoms with van der Waals surface area (Å²) in [4.78, 5) is 5.40. The topological polar surface area (TPSA) is 43.8 Å².